The minimum absolute atomic E-state index is 0.219. The van der Waals surface area contributed by atoms with E-state index in [1.807, 2.05) is 56.3 Å². The van der Waals surface area contributed by atoms with E-state index >= 15 is 0 Å². The molecule has 3 aromatic rings. The molecule has 0 spiro atoms. The predicted octanol–water partition coefficient (Wildman–Crippen LogP) is 5.45. The van der Waals surface area contributed by atoms with Gasteiger partial charge in [0.05, 0.1) is 16.2 Å². The second-order valence-corrected chi connectivity index (χ2v) is 9.37. The van der Waals surface area contributed by atoms with Crippen molar-refractivity contribution < 1.29 is 4.79 Å². The summed E-state index contributed by atoms with van der Waals surface area (Å²) in [6.07, 6.45) is 4.12. The Morgan fingerprint density at radius 2 is 1.85 bits per heavy atom. The maximum Gasteiger partial charge on any atom is 0.319 e. The van der Waals surface area contributed by atoms with Crippen molar-refractivity contribution in [3.05, 3.63) is 53.1 Å². The molecule has 4 rings (SSSR count). The van der Waals surface area contributed by atoms with Crippen molar-refractivity contribution in [1.82, 2.24) is 15.3 Å². The molecule has 8 heteroatoms. The van der Waals surface area contributed by atoms with Crippen LogP contribution in [0.2, 0.25) is 5.02 Å². The number of carbonyl (C=O) groups is 1. The van der Waals surface area contributed by atoms with Crippen LogP contribution >= 0.6 is 11.6 Å². The molecule has 0 bridgehead atoms. The highest BCUT2D eigenvalue weighted by Crippen LogP contribution is 2.28. The molecule has 1 heterocycles. The van der Waals surface area contributed by atoms with E-state index in [0.29, 0.717) is 35.2 Å². The van der Waals surface area contributed by atoms with Crippen LogP contribution in [0.3, 0.4) is 0 Å². The number of nitrogens with one attached hydrogen (secondary N) is 3. The Morgan fingerprint density at radius 3 is 2.61 bits per heavy atom. The van der Waals surface area contributed by atoms with Crippen molar-refractivity contribution in [3.63, 3.8) is 0 Å². The molecule has 3 N–H and O–H groups in total. The van der Waals surface area contributed by atoms with Crippen LogP contribution < -0.4 is 20.9 Å². The number of halogens is 1. The number of aromatic nitrogens is 2. The van der Waals surface area contributed by atoms with Gasteiger partial charge in [-0.25, -0.2) is 9.78 Å². The second kappa shape index (κ2) is 10.3. The summed E-state index contributed by atoms with van der Waals surface area (Å²) < 4.78 is 0. The van der Waals surface area contributed by atoms with E-state index in [2.05, 4.69) is 22.0 Å². The van der Waals surface area contributed by atoms with Gasteiger partial charge in [0, 0.05) is 32.1 Å². The molecule has 1 aliphatic carbocycles. The highest BCUT2D eigenvalue weighted by atomic mass is 35.5. The summed E-state index contributed by atoms with van der Waals surface area (Å²) >= 11 is 6.17. The van der Waals surface area contributed by atoms with Gasteiger partial charge in [-0.1, -0.05) is 29.8 Å². The molecule has 174 valence electrons. The molecule has 7 nitrogen and oxygen atoms in total. The van der Waals surface area contributed by atoms with Crippen LogP contribution in [0.4, 0.5) is 22.2 Å². The predicted molar refractivity (Wildman–Crippen MR) is 136 cm³/mol. The number of benzene rings is 2. The van der Waals surface area contributed by atoms with Gasteiger partial charge in [-0.2, -0.15) is 4.98 Å². The lowest BCUT2D eigenvalue weighted by Gasteiger charge is -2.29. The molecule has 33 heavy (non-hydrogen) atoms. The van der Waals surface area contributed by atoms with Crippen molar-refractivity contribution in [3.8, 4) is 0 Å². The van der Waals surface area contributed by atoms with Gasteiger partial charge in [0.2, 0.25) is 5.95 Å². The van der Waals surface area contributed by atoms with E-state index in [1.54, 1.807) is 6.07 Å². The summed E-state index contributed by atoms with van der Waals surface area (Å²) in [6.45, 7) is 2.62. The quantitative estimate of drug-likeness (QED) is 0.450. The number of nitrogens with zero attached hydrogens (tertiary/aromatic N) is 3. The zero-order chi connectivity index (χ0) is 23.4. The summed E-state index contributed by atoms with van der Waals surface area (Å²) in [4.78, 5) is 23.8. The van der Waals surface area contributed by atoms with E-state index in [9.17, 15) is 4.79 Å². The SMILES string of the molecule is Cc1ccc(Cl)c(NC(=O)NCC2CCC(Nc3nc(N(C)C)c4ccccc4n3)CC2)c1. The number of carbonyl (C=O) groups excluding carboxylic acids is 1. The summed E-state index contributed by atoms with van der Waals surface area (Å²) in [6, 6.07) is 13.8. The summed E-state index contributed by atoms with van der Waals surface area (Å²) in [5.74, 6) is 2.05. The molecule has 0 saturated heterocycles. The number of anilines is 3. The molecule has 0 radical (unpaired) electrons. The van der Waals surface area contributed by atoms with E-state index in [0.717, 1.165) is 48.0 Å². The van der Waals surface area contributed by atoms with Gasteiger partial charge in [0.25, 0.3) is 0 Å². The Morgan fingerprint density at radius 1 is 1.09 bits per heavy atom. The number of hydrogen-bond acceptors (Lipinski definition) is 5. The van der Waals surface area contributed by atoms with Crippen molar-refractivity contribution in [2.75, 3.05) is 36.2 Å². The molecular formula is C25H31ClN6O. The number of fused-ring (bicyclic) bond motifs is 1. The Hall–Kier alpha value is -3.06. The lowest BCUT2D eigenvalue weighted by Crippen LogP contribution is -2.36. The third-order valence-electron chi connectivity index (χ3n) is 6.11. The molecule has 0 aliphatic heterocycles. The molecular weight excluding hydrogens is 436 g/mol. The van der Waals surface area contributed by atoms with Crippen LogP contribution in [-0.4, -0.2) is 42.7 Å². The van der Waals surface area contributed by atoms with Crippen molar-refractivity contribution in [2.45, 2.75) is 38.6 Å². The van der Waals surface area contributed by atoms with Gasteiger partial charge in [0.15, 0.2) is 0 Å². The summed E-state index contributed by atoms with van der Waals surface area (Å²) in [5, 5.41) is 11.0. The highest BCUT2D eigenvalue weighted by molar-refractivity contribution is 6.33. The molecule has 2 aromatic carbocycles. The van der Waals surface area contributed by atoms with E-state index < -0.39 is 0 Å². The molecule has 0 atom stereocenters. The number of hydrogen-bond donors (Lipinski definition) is 3. The highest BCUT2D eigenvalue weighted by Gasteiger charge is 2.23. The van der Waals surface area contributed by atoms with Crippen LogP contribution in [0.15, 0.2) is 42.5 Å². The molecule has 1 saturated carbocycles. The van der Waals surface area contributed by atoms with E-state index in [-0.39, 0.29) is 6.03 Å². The molecule has 2 amide bonds. The van der Waals surface area contributed by atoms with Gasteiger partial charge >= 0.3 is 6.03 Å². The average molecular weight is 467 g/mol. The third-order valence-corrected chi connectivity index (χ3v) is 6.44. The Bertz CT molecular complexity index is 1130. The second-order valence-electron chi connectivity index (χ2n) is 8.96. The normalized spacial score (nSPS) is 18.1. The minimum atomic E-state index is -0.219. The van der Waals surface area contributed by atoms with Crippen LogP contribution in [0.5, 0.6) is 0 Å². The number of aryl methyl sites for hydroxylation is 1. The maximum atomic E-state index is 12.3. The summed E-state index contributed by atoms with van der Waals surface area (Å²) in [7, 11) is 4.00. The lowest BCUT2D eigenvalue weighted by atomic mass is 9.86. The standard InChI is InChI=1S/C25H31ClN6O/c1-16-8-13-20(26)22(14-16)30-25(33)27-15-17-9-11-18(12-10-17)28-24-29-21-7-5-4-6-19(21)23(31-24)32(2)3/h4-8,13-14,17-18H,9-12,15H2,1-3H3,(H2,27,30,33)(H,28,29,31). The van der Waals surface area contributed by atoms with Gasteiger partial charge < -0.3 is 20.9 Å². The number of para-hydroxylation sites is 1. The monoisotopic (exact) mass is 466 g/mol. The first kappa shape index (κ1) is 23.1. The first-order chi connectivity index (χ1) is 15.9. The zero-order valence-electron chi connectivity index (χ0n) is 19.4. The van der Waals surface area contributed by atoms with Crippen molar-refractivity contribution in [1.29, 1.82) is 0 Å². The summed E-state index contributed by atoms with van der Waals surface area (Å²) in [5.41, 5.74) is 2.62. The average Bonchev–Trinajstić information content (AvgIpc) is 2.80. The molecule has 1 fully saturated rings. The van der Waals surface area contributed by atoms with Gasteiger partial charge in [0.1, 0.15) is 5.82 Å². The minimum Gasteiger partial charge on any atom is -0.362 e. The number of urea groups is 1. The topological polar surface area (TPSA) is 82.2 Å². The number of rotatable bonds is 6. The van der Waals surface area contributed by atoms with Crippen LogP contribution in [0, 0.1) is 12.8 Å². The molecule has 0 unspecified atom stereocenters. The van der Waals surface area contributed by atoms with E-state index in [4.69, 9.17) is 21.6 Å². The van der Waals surface area contributed by atoms with Crippen molar-refractivity contribution >= 4 is 46.0 Å². The Labute approximate surface area is 199 Å². The largest absolute Gasteiger partial charge is 0.362 e. The molecule has 1 aromatic heterocycles. The fourth-order valence-corrected chi connectivity index (χ4v) is 4.46. The van der Waals surface area contributed by atoms with Gasteiger partial charge in [-0.3, -0.25) is 0 Å². The Balaban J connectivity index is 1.28. The third kappa shape index (κ3) is 5.85. The van der Waals surface area contributed by atoms with E-state index in [1.165, 1.54) is 0 Å². The van der Waals surface area contributed by atoms with Crippen LogP contribution in [0.1, 0.15) is 31.2 Å². The fourth-order valence-electron chi connectivity index (χ4n) is 4.30. The van der Waals surface area contributed by atoms with Gasteiger partial charge in [-0.05, 0) is 68.4 Å². The maximum absolute atomic E-state index is 12.3. The van der Waals surface area contributed by atoms with Crippen LogP contribution in [-0.2, 0) is 0 Å². The first-order valence-electron chi connectivity index (χ1n) is 11.4. The van der Waals surface area contributed by atoms with Gasteiger partial charge in [-0.15, -0.1) is 0 Å². The zero-order valence-corrected chi connectivity index (χ0v) is 20.1. The Kier molecular flexibility index (Phi) is 7.18. The first-order valence-corrected chi connectivity index (χ1v) is 11.8. The fraction of sp³-hybridized carbons (Fsp3) is 0.400. The lowest BCUT2D eigenvalue weighted by molar-refractivity contribution is 0.246. The smallest absolute Gasteiger partial charge is 0.319 e. The van der Waals surface area contributed by atoms with Crippen molar-refractivity contribution in [2.24, 2.45) is 5.92 Å². The molecule has 1 aliphatic rings. The number of amides is 2. The van der Waals surface area contributed by atoms with Crippen LogP contribution in [0.25, 0.3) is 10.9 Å².